The Labute approximate surface area is 269 Å². The molecule has 5 nitrogen and oxygen atoms in total. The molecule has 2 N–H and O–H groups in total. The van der Waals surface area contributed by atoms with Crippen molar-refractivity contribution < 1.29 is 24.5 Å². The lowest BCUT2D eigenvalue weighted by Crippen LogP contribution is -2.55. The fraction of sp³-hybridized carbons (Fsp3) is 0.889. The van der Waals surface area contributed by atoms with Crippen LogP contribution in [0, 0.1) is 39.4 Å². The third-order valence-electron chi connectivity index (χ3n) is 13.0. The number of hydrogen-bond acceptors (Lipinski definition) is 6. The molecule has 0 bridgehead atoms. The number of allylic oxidation sites excluding steroid dienone is 2. The van der Waals surface area contributed by atoms with E-state index in [-0.39, 0.29) is 34.7 Å². The molecule has 7 heteroatoms. The molecule has 1 unspecified atom stereocenters. The number of carboxylic acid groups (broad SMARTS) is 1. The van der Waals surface area contributed by atoms with Crippen LogP contribution < -0.4 is 0 Å². The van der Waals surface area contributed by atoms with Crippen molar-refractivity contribution in [2.45, 2.75) is 151 Å². The van der Waals surface area contributed by atoms with Gasteiger partial charge in [-0.25, -0.2) is 0 Å². The lowest BCUT2D eigenvalue weighted by atomic mass is 9.43. The molecule has 246 valence electrons. The Morgan fingerprint density at radius 1 is 0.953 bits per heavy atom. The van der Waals surface area contributed by atoms with Crippen LogP contribution in [0.3, 0.4) is 0 Å². The number of esters is 1. The van der Waals surface area contributed by atoms with Gasteiger partial charge in [-0.15, -0.1) is 0 Å². The first-order valence-corrected chi connectivity index (χ1v) is 19.6. The zero-order valence-electron chi connectivity index (χ0n) is 28.4. The fourth-order valence-corrected chi connectivity index (χ4v) is 12.4. The molecule has 4 rings (SSSR count). The summed E-state index contributed by atoms with van der Waals surface area (Å²) in [6.45, 7) is 18.8. The number of aliphatic hydroxyl groups is 1. The number of ether oxygens (including phenoxy) is 1. The monoisotopic (exact) mass is 636 g/mol. The highest BCUT2D eigenvalue weighted by Crippen LogP contribution is 2.72. The van der Waals surface area contributed by atoms with Gasteiger partial charge >= 0.3 is 11.9 Å². The zero-order chi connectivity index (χ0) is 31.8. The van der Waals surface area contributed by atoms with Gasteiger partial charge in [0, 0.05) is 16.9 Å². The van der Waals surface area contributed by atoms with Gasteiger partial charge in [-0.05, 0) is 106 Å². The molecule has 0 radical (unpaired) electrons. The molecule has 0 spiro atoms. The van der Waals surface area contributed by atoms with Crippen LogP contribution in [-0.2, 0) is 14.3 Å². The molecule has 7 atom stereocenters. The molecule has 0 aromatic carbocycles. The SMILES string of the molecule is C[C@H](CCCC(C)(C)O)[C@H]1CC[C@@]2(C)C3=C(CC[C@]12C)[C@@]1(C)CCC(OC(=O)CCSSCCC(=O)O)C(C)(C)[C@@H]1CC3. The number of aliphatic carboxylic acids is 1. The third kappa shape index (κ3) is 7.04. The molecule has 4 aliphatic carbocycles. The molecule has 4 aliphatic rings. The van der Waals surface area contributed by atoms with Gasteiger partial charge < -0.3 is 14.9 Å². The maximum Gasteiger partial charge on any atom is 0.306 e. The van der Waals surface area contributed by atoms with Crippen molar-refractivity contribution >= 4 is 33.5 Å². The standard InChI is InChI=1S/C36H60O5S2/c1-24(10-9-18-32(2,3)40)25-13-20-36(8)27-11-12-28-33(4,5)29(41-31(39)17-23-43-42-22-16-30(37)38)15-19-34(28,6)26(27)14-21-35(25,36)7/h24-25,28-29,40H,9-23H2,1-8H3,(H,37,38)/t24-,25-,28+,29?,34-,35-,36+/m1/s1. The smallest absolute Gasteiger partial charge is 0.306 e. The molecule has 2 saturated carbocycles. The van der Waals surface area contributed by atoms with E-state index in [1.165, 1.54) is 55.7 Å². The van der Waals surface area contributed by atoms with Gasteiger partial charge in [-0.2, -0.15) is 0 Å². The second-order valence-corrected chi connectivity index (χ2v) is 19.1. The van der Waals surface area contributed by atoms with Crippen molar-refractivity contribution in [3.05, 3.63) is 11.1 Å². The molecular weight excluding hydrogens is 577 g/mol. The van der Waals surface area contributed by atoms with E-state index in [0.717, 1.165) is 31.6 Å². The molecule has 0 aromatic rings. The number of carbonyl (C=O) groups is 2. The van der Waals surface area contributed by atoms with Crippen LogP contribution in [0.4, 0.5) is 0 Å². The predicted molar refractivity (Wildman–Crippen MR) is 180 cm³/mol. The lowest BCUT2D eigenvalue weighted by molar-refractivity contribution is -0.169. The van der Waals surface area contributed by atoms with E-state index in [0.29, 0.717) is 35.2 Å². The summed E-state index contributed by atoms with van der Waals surface area (Å²) in [5.41, 5.74) is 3.73. The Bertz CT molecular complexity index is 1060. The minimum absolute atomic E-state index is 0.0464. The molecule has 0 aliphatic heterocycles. The Morgan fingerprint density at radius 3 is 2.28 bits per heavy atom. The highest BCUT2D eigenvalue weighted by Gasteiger charge is 2.63. The molecule has 0 amide bonds. The van der Waals surface area contributed by atoms with Crippen LogP contribution in [-0.4, -0.2) is 45.4 Å². The number of fused-ring (bicyclic) bond motifs is 4. The fourth-order valence-electron chi connectivity index (χ4n) is 10.5. The van der Waals surface area contributed by atoms with E-state index < -0.39 is 11.6 Å². The zero-order valence-corrected chi connectivity index (χ0v) is 30.0. The second-order valence-electron chi connectivity index (χ2n) is 16.4. The number of hydrogen-bond donors (Lipinski definition) is 2. The Kier molecular flexibility index (Phi) is 10.8. The number of carbonyl (C=O) groups excluding carboxylic acids is 1. The summed E-state index contributed by atoms with van der Waals surface area (Å²) in [6, 6.07) is 0. The summed E-state index contributed by atoms with van der Waals surface area (Å²) < 4.78 is 6.19. The number of rotatable bonds is 13. The summed E-state index contributed by atoms with van der Waals surface area (Å²) in [5, 5.41) is 19.0. The third-order valence-corrected chi connectivity index (χ3v) is 15.4. The van der Waals surface area contributed by atoms with Crippen LogP contribution in [0.25, 0.3) is 0 Å². The topological polar surface area (TPSA) is 83.8 Å². The van der Waals surface area contributed by atoms with E-state index >= 15 is 0 Å². The summed E-state index contributed by atoms with van der Waals surface area (Å²) >= 11 is 0. The molecule has 0 saturated heterocycles. The van der Waals surface area contributed by atoms with Gasteiger partial charge in [-0.1, -0.05) is 87.1 Å². The summed E-state index contributed by atoms with van der Waals surface area (Å²) in [7, 11) is 3.08. The van der Waals surface area contributed by atoms with Gasteiger partial charge in [0.1, 0.15) is 6.10 Å². The van der Waals surface area contributed by atoms with Crippen LogP contribution >= 0.6 is 21.6 Å². The van der Waals surface area contributed by atoms with Crippen molar-refractivity contribution in [2.24, 2.45) is 39.4 Å². The minimum atomic E-state index is -0.780. The van der Waals surface area contributed by atoms with E-state index in [1.54, 1.807) is 21.9 Å². The largest absolute Gasteiger partial charge is 0.481 e. The normalized spacial score (nSPS) is 36.0. The summed E-state index contributed by atoms with van der Waals surface area (Å²) in [4.78, 5) is 23.5. The van der Waals surface area contributed by atoms with Crippen molar-refractivity contribution in [1.29, 1.82) is 0 Å². The maximum absolute atomic E-state index is 12.9. The van der Waals surface area contributed by atoms with Gasteiger partial charge in [0.25, 0.3) is 0 Å². The average Bonchev–Trinajstić information content (AvgIpc) is 3.18. The van der Waals surface area contributed by atoms with Crippen molar-refractivity contribution in [2.75, 3.05) is 11.5 Å². The summed E-state index contributed by atoms with van der Waals surface area (Å²) in [5.74, 6) is 2.27. The summed E-state index contributed by atoms with van der Waals surface area (Å²) in [6.07, 6.45) is 13.2. The maximum atomic E-state index is 12.9. The van der Waals surface area contributed by atoms with E-state index in [4.69, 9.17) is 9.84 Å². The average molecular weight is 637 g/mol. The molecule has 0 aromatic heterocycles. The van der Waals surface area contributed by atoms with Gasteiger partial charge in [-0.3, -0.25) is 9.59 Å². The van der Waals surface area contributed by atoms with E-state index in [2.05, 4.69) is 41.5 Å². The number of carboxylic acids is 1. The van der Waals surface area contributed by atoms with Crippen LogP contribution in [0.1, 0.15) is 139 Å². The first-order chi connectivity index (χ1) is 20.0. The van der Waals surface area contributed by atoms with E-state index in [9.17, 15) is 14.7 Å². The van der Waals surface area contributed by atoms with Crippen LogP contribution in [0.2, 0.25) is 0 Å². The molecule has 2 fully saturated rings. The molecular formula is C36H60O5S2. The first-order valence-electron chi connectivity index (χ1n) is 17.1. The van der Waals surface area contributed by atoms with Crippen molar-refractivity contribution in [3.8, 4) is 0 Å². The Hall–Kier alpha value is -0.660. The van der Waals surface area contributed by atoms with Crippen molar-refractivity contribution in [3.63, 3.8) is 0 Å². The van der Waals surface area contributed by atoms with Crippen molar-refractivity contribution in [1.82, 2.24) is 0 Å². The lowest BCUT2D eigenvalue weighted by Gasteiger charge is -2.62. The predicted octanol–water partition coefficient (Wildman–Crippen LogP) is 9.47. The quantitative estimate of drug-likeness (QED) is 0.0901. The Morgan fingerprint density at radius 2 is 1.63 bits per heavy atom. The minimum Gasteiger partial charge on any atom is -0.481 e. The highest BCUT2D eigenvalue weighted by molar-refractivity contribution is 8.76. The first kappa shape index (κ1) is 35.2. The van der Waals surface area contributed by atoms with Gasteiger partial charge in [0.05, 0.1) is 18.4 Å². The van der Waals surface area contributed by atoms with Crippen LogP contribution in [0.5, 0.6) is 0 Å². The van der Waals surface area contributed by atoms with Gasteiger partial charge in [0.15, 0.2) is 0 Å². The Balaban J connectivity index is 1.42. The highest BCUT2D eigenvalue weighted by atomic mass is 33.1. The molecule has 43 heavy (non-hydrogen) atoms. The van der Waals surface area contributed by atoms with Crippen LogP contribution in [0.15, 0.2) is 11.1 Å². The second kappa shape index (κ2) is 13.2. The van der Waals surface area contributed by atoms with E-state index in [1.807, 2.05) is 13.8 Å². The molecule has 0 heterocycles. The van der Waals surface area contributed by atoms with Gasteiger partial charge in [0.2, 0.25) is 0 Å².